The topological polar surface area (TPSA) is 29.1 Å². The lowest BCUT2D eigenvalue weighted by molar-refractivity contribution is -0.121. The Kier molecular flexibility index (Phi) is 5.41. The minimum absolute atomic E-state index is 0.0933. The van der Waals surface area contributed by atoms with Crippen LogP contribution in [0.2, 0.25) is 0 Å². The molecular weight excluding hydrogens is 290 g/mol. The van der Waals surface area contributed by atoms with Crippen molar-refractivity contribution in [2.45, 2.75) is 52.0 Å². The van der Waals surface area contributed by atoms with Gasteiger partial charge in [-0.15, -0.1) is 11.3 Å². The number of nitrogens with one attached hydrogen (secondary N) is 1. The van der Waals surface area contributed by atoms with E-state index in [1.54, 1.807) is 11.3 Å². The summed E-state index contributed by atoms with van der Waals surface area (Å²) < 4.78 is 0. The van der Waals surface area contributed by atoms with E-state index in [1.807, 2.05) is 18.4 Å². The average Bonchev–Trinajstić information content (AvgIpc) is 2.99. The molecule has 0 unspecified atom stereocenters. The van der Waals surface area contributed by atoms with E-state index < -0.39 is 0 Å². The fourth-order valence-electron chi connectivity index (χ4n) is 2.35. The molecule has 2 rings (SSSR count). The van der Waals surface area contributed by atoms with Gasteiger partial charge in [-0.25, -0.2) is 0 Å². The van der Waals surface area contributed by atoms with E-state index in [9.17, 15) is 4.79 Å². The van der Waals surface area contributed by atoms with Crippen molar-refractivity contribution in [2.75, 3.05) is 0 Å². The first-order valence-corrected chi connectivity index (χ1v) is 8.66. The van der Waals surface area contributed by atoms with Gasteiger partial charge < -0.3 is 5.32 Å². The molecule has 3 heteroatoms. The van der Waals surface area contributed by atoms with E-state index in [4.69, 9.17) is 0 Å². The molecule has 0 aliphatic carbocycles. The second kappa shape index (κ2) is 7.10. The number of carbonyl (C=O) groups is 1. The molecule has 22 heavy (non-hydrogen) atoms. The van der Waals surface area contributed by atoms with Gasteiger partial charge in [0.15, 0.2) is 0 Å². The van der Waals surface area contributed by atoms with Crippen LogP contribution in [0.3, 0.4) is 0 Å². The Labute approximate surface area is 137 Å². The highest BCUT2D eigenvalue weighted by Gasteiger charge is 2.13. The summed E-state index contributed by atoms with van der Waals surface area (Å²) in [6.45, 7) is 8.66. The Morgan fingerprint density at radius 2 is 1.86 bits per heavy atom. The second-order valence-electron chi connectivity index (χ2n) is 6.75. The maximum atomic E-state index is 12.0. The van der Waals surface area contributed by atoms with Gasteiger partial charge >= 0.3 is 0 Å². The van der Waals surface area contributed by atoms with Crippen LogP contribution in [-0.4, -0.2) is 5.91 Å². The second-order valence-corrected chi connectivity index (χ2v) is 7.73. The summed E-state index contributed by atoms with van der Waals surface area (Å²) in [6, 6.07) is 12.8. The van der Waals surface area contributed by atoms with Crippen molar-refractivity contribution < 1.29 is 4.79 Å². The van der Waals surface area contributed by atoms with Gasteiger partial charge in [-0.05, 0) is 41.3 Å². The minimum Gasteiger partial charge on any atom is -0.349 e. The first kappa shape index (κ1) is 16.8. The van der Waals surface area contributed by atoms with Gasteiger partial charge in [0.25, 0.3) is 0 Å². The van der Waals surface area contributed by atoms with E-state index in [1.165, 1.54) is 16.0 Å². The Bertz CT molecular complexity index is 593. The Morgan fingerprint density at radius 1 is 1.18 bits per heavy atom. The van der Waals surface area contributed by atoms with Crippen molar-refractivity contribution in [2.24, 2.45) is 0 Å². The molecule has 0 bridgehead atoms. The Hall–Kier alpha value is -1.61. The molecule has 0 fully saturated rings. The summed E-state index contributed by atoms with van der Waals surface area (Å²) in [4.78, 5) is 13.2. The van der Waals surface area contributed by atoms with E-state index >= 15 is 0 Å². The third-order valence-electron chi connectivity index (χ3n) is 3.81. The van der Waals surface area contributed by atoms with Crippen molar-refractivity contribution >= 4 is 17.2 Å². The van der Waals surface area contributed by atoms with Gasteiger partial charge in [-0.3, -0.25) is 4.79 Å². The first-order chi connectivity index (χ1) is 10.4. The summed E-state index contributed by atoms with van der Waals surface area (Å²) in [7, 11) is 0. The van der Waals surface area contributed by atoms with Crippen molar-refractivity contribution in [3.8, 4) is 0 Å². The van der Waals surface area contributed by atoms with E-state index in [0.717, 1.165) is 6.42 Å². The molecule has 2 nitrogen and oxygen atoms in total. The fourth-order valence-corrected chi connectivity index (χ4v) is 3.09. The molecular formula is C19H25NOS. The van der Waals surface area contributed by atoms with Crippen LogP contribution in [0.25, 0.3) is 0 Å². The Morgan fingerprint density at radius 3 is 2.41 bits per heavy atom. The minimum atomic E-state index is 0.0933. The summed E-state index contributed by atoms with van der Waals surface area (Å²) >= 11 is 1.68. The van der Waals surface area contributed by atoms with Crippen LogP contribution >= 0.6 is 11.3 Å². The molecule has 1 aromatic carbocycles. The van der Waals surface area contributed by atoms with Crippen LogP contribution in [0.4, 0.5) is 0 Å². The molecule has 0 saturated carbocycles. The van der Waals surface area contributed by atoms with Crippen LogP contribution in [-0.2, 0) is 16.6 Å². The quantitative estimate of drug-likeness (QED) is 0.839. The number of rotatable bonds is 5. The number of carbonyl (C=O) groups excluding carboxylic acids is 1. The summed E-state index contributed by atoms with van der Waals surface area (Å²) in [5.41, 5.74) is 2.71. The number of benzene rings is 1. The van der Waals surface area contributed by atoms with Crippen LogP contribution < -0.4 is 5.32 Å². The molecule has 0 radical (unpaired) electrons. The summed E-state index contributed by atoms with van der Waals surface area (Å²) in [6.07, 6.45) is 1.32. The molecule has 1 amide bonds. The maximum absolute atomic E-state index is 12.0. The van der Waals surface area contributed by atoms with Gasteiger partial charge in [-0.2, -0.15) is 0 Å². The third kappa shape index (κ3) is 4.70. The molecule has 0 saturated heterocycles. The highest BCUT2D eigenvalue weighted by Crippen LogP contribution is 2.22. The van der Waals surface area contributed by atoms with Gasteiger partial charge in [0.2, 0.25) is 5.91 Å². The van der Waals surface area contributed by atoms with Crippen molar-refractivity contribution in [3.05, 3.63) is 57.8 Å². The zero-order chi connectivity index (χ0) is 16.2. The van der Waals surface area contributed by atoms with Gasteiger partial charge in [0, 0.05) is 11.3 Å². The molecule has 2 aromatic rings. The molecule has 1 heterocycles. The lowest BCUT2D eigenvalue weighted by Crippen LogP contribution is -2.26. The number of aryl methyl sites for hydroxylation is 1. The molecule has 1 N–H and O–H groups in total. The molecule has 1 atom stereocenters. The smallest absolute Gasteiger partial charge is 0.220 e. The van der Waals surface area contributed by atoms with Crippen LogP contribution in [0.15, 0.2) is 41.8 Å². The number of amides is 1. The largest absolute Gasteiger partial charge is 0.349 e. The summed E-state index contributed by atoms with van der Waals surface area (Å²) in [5.74, 6) is 0.112. The average molecular weight is 315 g/mol. The van der Waals surface area contributed by atoms with E-state index in [2.05, 4.69) is 56.4 Å². The third-order valence-corrected chi connectivity index (χ3v) is 4.86. The number of hydrogen-bond acceptors (Lipinski definition) is 2. The fraction of sp³-hybridized carbons (Fsp3) is 0.421. The SMILES string of the molecule is C[C@H](NC(=O)CCc1ccc(C(C)(C)C)cc1)c1cccs1. The Balaban J connectivity index is 1.83. The lowest BCUT2D eigenvalue weighted by atomic mass is 9.86. The van der Waals surface area contributed by atoms with Crippen LogP contribution in [0.5, 0.6) is 0 Å². The highest BCUT2D eigenvalue weighted by atomic mass is 32.1. The zero-order valence-electron chi connectivity index (χ0n) is 13.8. The lowest BCUT2D eigenvalue weighted by Gasteiger charge is -2.19. The molecule has 1 aromatic heterocycles. The predicted octanol–water partition coefficient (Wildman–Crippen LogP) is 4.86. The monoisotopic (exact) mass is 315 g/mol. The standard InChI is InChI=1S/C19H25NOS/c1-14(17-6-5-13-22-17)20-18(21)12-9-15-7-10-16(11-8-15)19(2,3)4/h5-8,10-11,13-14H,9,12H2,1-4H3,(H,20,21)/t14-/m0/s1. The molecule has 118 valence electrons. The van der Waals surface area contributed by atoms with Crippen LogP contribution in [0, 0.1) is 0 Å². The summed E-state index contributed by atoms with van der Waals surface area (Å²) in [5, 5.41) is 5.10. The van der Waals surface area contributed by atoms with Gasteiger partial charge in [-0.1, -0.05) is 51.1 Å². The van der Waals surface area contributed by atoms with Gasteiger partial charge in [0.1, 0.15) is 0 Å². The molecule has 0 aliphatic rings. The van der Waals surface area contributed by atoms with E-state index in [0.29, 0.717) is 6.42 Å². The highest BCUT2D eigenvalue weighted by molar-refractivity contribution is 7.10. The zero-order valence-corrected chi connectivity index (χ0v) is 14.7. The van der Waals surface area contributed by atoms with E-state index in [-0.39, 0.29) is 17.4 Å². The van der Waals surface area contributed by atoms with Crippen molar-refractivity contribution in [3.63, 3.8) is 0 Å². The molecule has 0 spiro atoms. The first-order valence-electron chi connectivity index (χ1n) is 7.78. The van der Waals surface area contributed by atoms with Crippen LogP contribution in [0.1, 0.15) is 56.2 Å². The normalized spacial score (nSPS) is 12.9. The number of thiophene rings is 1. The number of hydrogen-bond donors (Lipinski definition) is 1. The molecule has 0 aliphatic heterocycles. The maximum Gasteiger partial charge on any atom is 0.220 e. The van der Waals surface area contributed by atoms with Crippen molar-refractivity contribution in [1.82, 2.24) is 5.32 Å². The van der Waals surface area contributed by atoms with Crippen molar-refractivity contribution in [1.29, 1.82) is 0 Å². The van der Waals surface area contributed by atoms with Gasteiger partial charge in [0.05, 0.1) is 6.04 Å². The predicted molar refractivity (Wildman–Crippen MR) is 94.3 cm³/mol.